The van der Waals surface area contributed by atoms with Gasteiger partial charge in [0.25, 0.3) is 5.91 Å². The molecule has 2 aromatic carbocycles. The van der Waals surface area contributed by atoms with Crippen LogP contribution < -0.4 is 24.7 Å². The fourth-order valence-electron chi connectivity index (χ4n) is 4.98. The molecule has 0 spiro atoms. The minimum atomic E-state index is -0.0671. The molecule has 1 amide bonds. The number of methoxy groups -OCH3 is 3. The first kappa shape index (κ1) is 25.0. The van der Waals surface area contributed by atoms with Crippen molar-refractivity contribution >= 4 is 18.3 Å². The van der Waals surface area contributed by atoms with E-state index in [0.29, 0.717) is 52.7 Å². The summed E-state index contributed by atoms with van der Waals surface area (Å²) in [7, 11) is 4.60. The summed E-state index contributed by atoms with van der Waals surface area (Å²) in [6.45, 7) is 2.16. The Kier molecular flexibility index (Phi) is 8.32. The second-order valence-electron chi connectivity index (χ2n) is 8.56. The van der Waals surface area contributed by atoms with Crippen LogP contribution in [0.2, 0.25) is 0 Å². The number of carbonyl (C=O) groups excluding carboxylic acids is 1. The summed E-state index contributed by atoms with van der Waals surface area (Å²) in [4.78, 5) is 15.5. The Morgan fingerprint density at radius 1 is 0.970 bits per heavy atom. The second kappa shape index (κ2) is 11.0. The molecular formula is C25H33ClN2O5. The Hall–Kier alpha value is -2.64. The molecule has 8 heteroatoms. The number of rotatable bonds is 8. The van der Waals surface area contributed by atoms with Gasteiger partial charge in [0.2, 0.25) is 11.5 Å². The lowest BCUT2D eigenvalue weighted by Gasteiger charge is -2.32. The molecule has 1 saturated carbocycles. The molecule has 1 aliphatic carbocycles. The Morgan fingerprint density at radius 2 is 1.58 bits per heavy atom. The van der Waals surface area contributed by atoms with Crippen LogP contribution in [0.5, 0.6) is 28.7 Å². The van der Waals surface area contributed by atoms with Crippen molar-refractivity contribution in [2.45, 2.75) is 25.7 Å². The molecule has 33 heavy (non-hydrogen) atoms. The van der Waals surface area contributed by atoms with Crippen LogP contribution in [0.3, 0.4) is 0 Å². The Morgan fingerprint density at radius 3 is 2.12 bits per heavy atom. The number of likely N-dealkylation sites (tertiary alicyclic amines) is 1. The molecule has 180 valence electrons. The lowest BCUT2D eigenvalue weighted by Crippen LogP contribution is -2.40. The van der Waals surface area contributed by atoms with Crippen molar-refractivity contribution in [2.75, 3.05) is 41.0 Å². The van der Waals surface area contributed by atoms with Crippen LogP contribution in [0, 0.1) is 11.8 Å². The molecule has 2 aromatic rings. The SMILES string of the molecule is COc1c(Oc2ccc(CCN)cc2)cc(C(=O)N2C[C@@H]3CC[C@@H](C3)C2)c(OC)c1OC.Cl. The number of fused-ring (bicyclic) bond motifs is 2. The maximum atomic E-state index is 13.6. The molecule has 1 saturated heterocycles. The van der Waals surface area contributed by atoms with Gasteiger partial charge in [-0.05, 0) is 61.8 Å². The number of ether oxygens (including phenoxy) is 4. The van der Waals surface area contributed by atoms with E-state index in [4.69, 9.17) is 24.7 Å². The van der Waals surface area contributed by atoms with Gasteiger partial charge >= 0.3 is 0 Å². The average Bonchev–Trinajstić information content (AvgIpc) is 3.16. The Bertz CT molecular complexity index is 954. The van der Waals surface area contributed by atoms with E-state index in [9.17, 15) is 4.79 Å². The van der Waals surface area contributed by atoms with Gasteiger partial charge in [-0.1, -0.05) is 12.1 Å². The third-order valence-corrected chi connectivity index (χ3v) is 6.48. The summed E-state index contributed by atoms with van der Waals surface area (Å²) < 4.78 is 23.0. The van der Waals surface area contributed by atoms with E-state index in [2.05, 4.69) is 0 Å². The molecule has 7 nitrogen and oxygen atoms in total. The van der Waals surface area contributed by atoms with Crippen LogP contribution in [-0.2, 0) is 6.42 Å². The van der Waals surface area contributed by atoms with Crippen LogP contribution in [0.1, 0.15) is 35.2 Å². The van der Waals surface area contributed by atoms with Crippen LogP contribution >= 0.6 is 12.4 Å². The third kappa shape index (κ3) is 5.14. The van der Waals surface area contributed by atoms with E-state index in [0.717, 1.165) is 25.1 Å². The molecule has 2 bridgehead atoms. The third-order valence-electron chi connectivity index (χ3n) is 6.48. The van der Waals surface area contributed by atoms with Gasteiger partial charge in [0, 0.05) is 19.2 Å². The molecule has 1 heterocycles. The van der Waals surface area contributed by atoms with Crippen molar-refractivity contribution in [3.05, 3.63) is 41.5 Å². The molecule has 2 N–H and O–H groups in total. The lowest BCUT2D eigenvalue weighted by atomic mass is 9.98. The van der Waals surface area contributed by atoms with Crippen LogP contribution in [0.15, 0.2) is 30.3 Å². The Labute approximate surface area is 201 Å². The summed E-state index contributed by atoms with van der Waals surface area (Å²) >= 11 is 0. The molecule has 2 fully saturated rings. The highest BCUT2D eigenvalue weighted by molar-refractivity contribution is 5.99. The number of benzene rings is 2. The first-order valence-corrected chi connectivity index (χ1v) is 11.2. The molecule has 1 aliphatic heterocycles. The minimum Gasteiger partial charge on any atom is -0.492 e. The number of hydrogen-bond acceptors (Lipinski definition) is 6. The number of hydrogen-bond donors (Lipinski definition) is 1. The summed E-state index contributed by atoms with van der Waals surface area (Å²) in [5, 5.41) is 0. The number of amides is 1. The minimum absolute atomic E-state index is 0. The second-order valence-corrected chi connectivity index (χ2v) is 8.56. The predicted octanol–water partition coefficient (Wildman–Crippen LogP) is 4.30. The molecule has 4 rings (SSSR count). The fourth-order valence-corrected chi connectivity index (χ4v) is 4.98. The summed E-state index contributed by atoms with van der Waals surface area (Å²) in [5.74, 6) is 3.23. The van der Waals surface area contributed by atoms with E-state index in [-0.39, 0.29) is 18.3 Å². The number of piperidine rings is 1. The molecule has 0 aromatic heterocycles. The zero-order chi connectivity index (χ0) is 22.7. The number of nitrogens with zero attached hydrogens (tertiary/aromatic N) is 1. The quantitative estimate of drug-likeness (QED) is 0.611. The fraction of sp³-hybridized carbons (Fsp3) is 0.480. The predicted molar refractivity (Wildman–Crippen MR) is 129 cm³/mol. The normalized spacial score (nSPS) is 19.0. The van der Waals surface area contributed by atoms with Crippen LogP contribution in [0.25, 0.3) is 0 Å². The van der Waals surface area contributed by atoms with Crippen molar-refractivity contribution in [1.29, 1.82) is 0 Å². The van der Waals surface area contributed by atoms with E-state index in [1.807, 2.05) is 29.2 Å². The molecule has 2 atom stereocenters. The molecule has 0 unspecified atom stereocenters. The van der Waals surface area contributed by atoms with Crippen molar-refractivity contribution < 1.29 is 23.7 Å². The molecular weight excluding hydrogens is 444 g/mol. The van der Waals surface area contributed by atoms with Crippen LogP contribution in [-0.4, -0.2) is 51.8 Å². The monoisotopic (exact) mass is 476 g/mol. The number of carbonyl (C=O) groups is 1. The van der Waals surface area contributed by atoms with Gasteiger partial charge in [0.15, 0.2) is 11.5 Å². The van der Waals surface area contributed by atoms with Gasteiger partial charge < -0.3 is 29.6 Å². The largest absolute Gasteiger partial charge is 0.492 e. The maximum absolute atomic E-state index is 13.6. The Balaban J connectivity index is 0.00000306. The topological polar surface area (TPSA) is 83.3 Å². The van der Waals surface area contributed by atoms with E-state index >= 15 is 0 Å². The first-order chi connectivity index (χ1) is 15.6. The lowest BCUT2D eigenvalue weighted by molar-refractivity contribution is 0.0657. The standard InChI is InChI=1S/C25H32N2O5.ClH/c1-29-22-20(25(28)27-14-17-4-5-18(12-17)15-27)13-21(23(30-2)24(22)31-3)32-19-8-6-16(7-9-19)10-11-26;/h6-9,13,17-18H,4-5,10-12,14-15,26H2,1-3H3;1H/t17-,18+;. The first-order valence-electron chi connectivity index (χ1n) is 11.2. The highest BCUT2D eigenvalue weighted by Crippen LogP contribution is 2.48. The van der Waals surface area contributed by atoms with E-state index in [1.165, 1.54) is 33.5 Å². The van der Waals surface area contributed by atoms with E-state index in [1.54, 1.807) is 13.2 Å². The highest BCUT2D eigenvalue weighted by Gasteiger charge is 2.37. The molecule has 2 aliphatic rings. The summed E-state index contributed by atoms with van der Waals surface area (Å²) in [5.41, 5.74) is 7.19. The van der Waals surface area contributed by atoms with Gasteiger partial charge in [-0.15, -0.1) is 12.4 Å². The summed E-state index contributed by atoms with van der Waals surface area (Å²) in [6, 6.07) is 9.42. The van der Waals surface area contributed by atoms with Gasteiger partial charge in [-0.2, -0.15) is 0 Å². The van der Waals surface area contributed by atoms with Gasteiger partial charge in [-0.25, -0.2) is 0 Å². The van der Waals surface area contributed by atoms with Crippen molar-refractivity contribution in [1.82, 2.24) is 4.90 Å². The van der Waals surface area contributed by atoms with Crippen molar-refractivity contribution in [3.8, 4) is 28.7 Å². The highest BCUT2D eigenvalue weighted by atomic mass is 35.5. The zero-order valence-electron chi connectivity index (χ0n) is 19.5. The molecule has 0 radical (unpaired) electrons. The van der Waals surface area contributed by atoms with Gasteiger partial charge in [-0.3, -0.25) is 4.79 Å². The van der Waals surface area contributed by atoms with Crippen molar-refractivity contribution in [3.63, 3.8) is 0 Å². The van der Waals surface area contributed by atoms with Crippen molar-refractivity contribution in [2.24, 2.45) is 17.6 Å². The maximum Gasteiger partial charge on any atom is 0.257 e. The van der Waals surface area contributed by atoms with Gasteiger partial charge in [0.1, 0.15) is 5.75 Å². The average molecular weight is 477 g/mol. The van der Waals surface area contributed by atoms with Crippen LogP contribution in [0.4, 0.5) is 0 Å². The van der Waals surface area contributed by atoms with E-state index < -0.39 is 0 Å². The number of nitrogens with two attached hydrogens (primary N) is 1. The zero-order valence-corrected chi connectivity index (χ0v) is 20.3. The van der Waals surface area contributed by atoms with Gasteiger partial charge in [0.05, 0.1) is 26.9 Å². The summed E-state index contributed by atoms with van der Waals surface area (Å²) in [6.07, 6.45) is 4.43. The number of halogens is 1. The smallest absolute Gasteiger partial charge is 0.257 e.